The van der Waals surface area contributed by atoms with Crippen LogP contribution in [0.4, 0.5) is 13.2 Å². The maximum atomic E-state index is 13.5. The Balaban J connectivity index is 1.26. The molecule has 0 spiro atoms. The van der Waals surface area contributed by atoms with E-state index in [9.17, 15) is 27.6 Å². The predicted molar refractivity (Wildman–Crippen MR) is 130 cm³/mol. The highest BCUT2D eigenvalue weighted by atomic mass is 19.4. The molecule has 0 atom stereocenters. The maximum absolute atomic E-state index is 13.5. The van der Waals surface area contributed by atoms with Crippen LogP contribution in [0.3, 0.4) is 0 Å². The fourth-order valence-corrected chi connectivity index (χ4v) is 4.52. The van der Waals surface area contributed by atoms with Gasteiger partial charge in [0.1, 0.15) is 0 Å². The molecule has 4 rings (SSSR count). The number of nitrogens with one attached hydrogen (secondary N) is 2. The normalized spacial score (nSPS) is 17.7. The third-order valence-corrected chi connectivity index (χ3v) is 6.48. The van der Waals surface area contributed by atoms with E-state index in [2.05, 4.69) is 15.7 Å². The number of benzene rings is 2. The summed E-state index contributed by atoms with van der Waals surface area (Å²) in [7, 11) is 0. The maximum Gasteiger partial charge on any atom is 0.435 e. The number of halogens is 3. The number of alkyl halides is 3. The molecule has 10 heteroatoms. The van der Waals surface area contributed by atoms with Gasteiger partial charge in [-0.15, -0.1) is 0 Å². The van der Waals surface area contributed by atoms with Crippen LogP contribution < -0.4 is 10.6 Å². The van der Waals surface area contributed by atoms with Gasteiger partial charge in [0.2, 0.25) is 5.91 Å². The van der Waals surface area contributed by atoms with Crippen LogP contribution in [-0.2, 0) is 11.0 Å². The Morgan fingerprint density at radius 2 is 1.41 bits per heavy atom. The molecule has 1 heterocycles. The Morgan fingerprint density at radius 1 is 0.838 bits per heavy atom. The highest BCUT2D eigenvalue weighted by Gasteiger charge is 2.39. The molecule has 2 amide bonds. The van der Waals surface area contributed by atoms with Crippen molar-refractivity contribution in [2.24, 2.45) is 11.8 Å². The largest absolute Gasteiger partial charge is 0.435 e. The number of Topliss-reactive ketones (excluding diaryl/α,β-unsaturated/α-hetero) is 1. The van der Waals surface area contributed by atoms with Crippen molar-refractivity contribution in [2.45, 2.75) is 31.9 Å². The molecular formula is C27H27F3N4O3. The van der Waals surface area contributed by atoms with Gasteiger partial charge in [-0.3, -0.25) is 14.4 Å². The number of para-hydroxylation sites is 1. The summed E-state index contributed by atoms with van der Waals surface area (Å²) in [4.78, 5) is 37.7. The Hall–Kier alpha value is -3.95. The molecule has 7 nitrogen and oxygen atoms in total. The minimum absolute atomic E-state index is 0.0414. The van der Waals surface area contributed by atoms with Gasteiger partial charge in [-0.25, -0.2) is 4.68 Å². The molecule has 0 unspecified atom stereocenters. The summed E-state index contributed by atoms with van der Waals surface area (Å²) in [5.41, 5.74) is -0.808. The Morgan fingerprint density at radius 3 is 2.03 bits per heavy atom. The lowest BCUT2D eigenvalue weighted by Gasteiger charge is -2.27. The molecule has 1 saturated carbocycles. The van der Waals surface area contributed by atoms with E-state index < -0.39 is 23.3 Å². The Kier molecular flexibility index (Phi) is 8.05. The Labute approximate surface area is 212 Å². The number of amides is 2. The molecule has 2 aromatic carbocycles. The van der Waals surface area contributed by atoms with Crippen molar-refractivity contribution in [3.63, 3.8) is 0 Å². The van der Waals surface area contributed by atoms with E-state index in [4.69, 9.17) is 0 Å². The quantitative estimate of drug-likeness (QED) is 0.345. The van der Waals surface area contributed by atoms with Gasteiger partial charge in [0.05, 0.1) is 11.3 Å². The number of hydrogen-bond acceptors (Lipinski definition) is 4. The highest BCUT2D eigenvalue weighted by molar-refractivity contribution is 5.98. The van der Waals surface area contributed by atoms with Gasteiger partial charge in [-0.05, 0) is 37.8 Å². The molecule has 1 aliphatic rings. The van der Waals surface area contributed by atoms with Gasteiger partial charge >= 0.3 is 6.18 Å². The van der Waals surface area contributed by atoms with Crippen molar-refractivity contribution < 1.29 is 27.6 Å². The van der Waals surface area contributed by atoms with Crippen LogP contribution in [0.25, 0.3) is 5.69 Å². The van der Waals surface area contributed by atoms with E-state index in [1.165, 1.54) is 0 Å². The molecule has 1 fully saturated rings. The topological polar surface area (TPSA) is 93.1 Å². The van der Waals surface area contributed by atoms with Gasteiger partial charge in [-0.2, -0.15) is 18.3 Å². The van der Waals surface area contributed by atoms with Crippen LogP contribution in [-0.4, -0.2) is 40.5 Å². The molecule has 37 heavy (non-hydrogen) atoms. The number of carbonyl (C=O) groups excluding carboxylic acids is 3. The first kappa shape index (κ1) is 26.1. The number of ketones is 1. The first-order valence-electron chi connectivity index (χ1n) is 12.1. The van der Waals surface area contributed by atoms with Crippen molar-refractivity contribution in [3.05, 3.63) is 83.7 Å². The van der Waals surface area contributed by atoms with E-state index >= 15 is 0 Å². The van der Waals surface area contributed by atoms with Crippen LogP contribution in [0.5, 0.6) is 0 Å². The highest BCUT2D eigenvalue weighted by Crippen LogP contribution is 2.32. The van der Waals surface area contributed by atoms with E-state index in [0.717, 1.165) is 10.9 Å². The SMILES string of the molecule is O=C(NCCNC(=O)[C@H]1CC[C@H](C(=O)c2ccccc2)CC1)c1cn(-c2ccccc2)nc1C(F)(F)F. The van der Waals surface area contributed by atoms with Crippen molar-refractivity contribution in [2.75, 3.05) is 13.1 Å². The summed E-state index contributed by atoms with van der Waals surface area (Å²) < 4.78 is 41.4. The second-order valence-corrected chi connectivity index (χ2v) is 9.00. The molecule has 0 radical (unpaired) electrons. The monoisotopic (exact) mass is 512 g/mol. The smallest absolute Gasteiger partial charge is 0.354 e. The molecule has 0 aliphatic heterocycles. The van der Waals surface area contributed by atoms with Crippen LogP contribution >= 0.6 is 0 Å². The third-order valence-electron chi connectivity index (χ3n) is 6.48. The zero-order chi connectivity index (χ0) is 26.4. The number of nitrogens with zero attached hydrogens (tertiary/aromatic N) is 2. The summed E-state index contributed by atoms with van der Waals surface area (Å²) in [5, 5.41) is 8.72. The van der Waals surface area contributed by atoms with Gasteiger partial charge in [0, 0.05) is 36.7 Å². The molecule has 1 aromatic heterocycles. The van der Waals surface area contributed by atoms with Crippen LogP contribution in [0, 0.1) is 11.8 Å². The number of hydrogen-bond donors (Lipinski definition) is 2. The predicted octanol–water partition coefficient (Wildman–Crippen LogP) is 4.43. The first-order valence-corrected chi connectivity index (χ1v) is 12.1. The zero-order valence-electron chi connectivity index (χ0n) is 20.0. The molecule has 194 valence electrons. The zero-order valence-corrected chi connectivity index (χ0v) is 20.0. The standard InChI is InChI=1S/C27H27F3N4O3/c28-27(29,30)24-22(17-34(33-24)21-9-5-2-6-10-21)26(37)32-16-15-31-25(36)20-13-11-19(12-14-20)23(35)18-7-3-1-4-8-18/h1-10,17,19-20H,11-16H2,(H,31,36)(H,32,37)/t19-,20-. The lowest BCUT2D eigenvalue weighted by molar-refractivity contribution is -0.141. The second-order valence-electron chi connectivity index (χ2n) is 9.00. The average molecular weight is 513 g/mol. The molecule has 2 N–H and O–H groups in total. The summed E-state index contributed by atoms with van der Waals surface area (Å²) in [6.07, 6.45) is -1.37. The van der Waals surface area contributed by atoms with Gasteiger partial charge in [-0.1, -0.05) is 48.5 Å². The molecular weight excluding hydrogens is 485 g/mol. The van der Waals surface area contributed by atoms with Crippen molar-refractivity contribution in [1.29, 1.82) is 0 Å². The summed E-state index contributed by atoms with van der Waals surface area (Å²) in [6.45, 7) is 0.0296. The van der Waals surface area contributed by atoms with Crippen LogP contribution in [0.15, 0.2) is 66.9 Å². The number of rotatable bonds is 8. The van der Waals surface area contributed by atoms with E-state index in [-0.39, 0.29) is 36.6 Å². The minimum atomic E-state index is -4.80. The lowest BCUT2D eigenvalue weighted by Crippen LogP contribution is -2.39. The van der Waals surface area contributed by atoms with Crippen LogP contribution in [0.2, 0.25) is 0 Å². The van der Waals surface area contributed by atoms with Crippen molar-refractivity contribution >= 4 is 17.6 Å². The lowest BCUT2D eigenvalue weighted by atomic mass is 9.78. The molecule has 0 bridgehead atoms. The molecule has 3 aromatic rings. The Bertz CT molecular complexity index is 1230. The van der Waals surface area contributed by atoms with E-state index in [1.807, 2.05) is 18.2 Å². The fourth-order valence-electron chi connectivity index (χ4n) is 4.52. The minimum Gasteiger partial charge on any atom is -0.354 e. The van der Waals surface area contributed by atoms with E-state index in [0.29, 0.717) is 36.9 Å². The first-order chi connectivity index (χ1) is 17.7. The summed E-state index contributed by atoms with van der Waals surface area (Å²) >= 11 is 0. The number of aromatic nitrogens is 2. The van der Waals surface area contributed by atoms with Gasteiger partial charge < -0.3 is 10.6 Å². The average Bonchev–Trinajstić information content (AvgIpc) is 3.38. The molecule has 1 aliphatic carbocycles. The third kappa shape index (κ3) is 6.44. The summed E-state index contributed by atoms with van der Waals surface area (Å²) in [5.74, 6) is -1.37. The second kappa shape index (κ2) is 11.4. The van der Waals surface area contributed by atoms with Gasteiger partial charge in [0.15, 0.2) is 11.5 Å². The van der Waals surface area contributed by atoms with Gasteiger partial charge in [0.25, 0.3) is 5.91 Å². The van der Waals surface area contributed by atoms with Crippen LogP contribution in [0.1, 0.15) is 52.1 Å². The fraction of sp³-hybridized carbons (Fsp3) is 0.333. The summed E-state index contributed by atoms with van der Waals surface area (Å²) in [6, 6.07) is 17.3. The van der Waals surface area contributed by atoms with Crippen molar-refractivity contribution in [1.82, 2.24) is 20.4 Å². The van der Waals surface area contributed by atoms with Crippen molar-refractivity contribution in [3.8, 4) is 5.69 Å². The molecule has 0 saturated heterocycles. The number of carbonyl (C=O) groups is 3. The van der Waals surface area contributed by atoms with E-state index in [1.54, 1.807) is 42.5 Å².